The Morgan fingerprint density at radius 3 is 2.81 bits per heavy atom. The predicted molar refractivity (Wildman–Crippen MR) is 71.3 cm³/mol. The van der Waals surface area contributed by atoms with Crippen LogP contribution in [0.2, 0.25) is 0 Å². The van der Waals surface area contributed by atoms with Crippen molar-refractivity contribution in [2.75, 3.05) is 5.75 Å². The molecule has 0 amide bonds. The molecule has 0 fully saturated rings. The summed E-state index contributed by atoms with van der Waals surface area (Å²) in [6, 6.07) is 5.46. The van der Waals surface area contributed by atoms with Crippen molar-refractivity contribution < 1.29 is 9.90 Å². The third-order valence-electron chi connectivity index (χ3n) is 2.40. The van der Waals surface area contributed by atoms with Gasteiger partial charge in [0.1, 0.15) is 0 Å². The maximum Gasteiger partial charge on any atom is 0.336 e. The molecule has 0 aliphatic heterocycles. The summed E-state index contributed by atoms with van der Waals surface area (Å²) in [5.74, 6) is 0.789. The van der Waals surface area contributed by atoms with Crippen LogP contribution in [0.5, 0.6) is 0 Å². The molecule has 0 spiro atoms. The van der Waals surface area contributed by atoms with Gasteiger partial charge >= 0.3 is 5.97 Å². The summed E-state index contributed by atoms with van der Waals surface area (Å²) in [4.78, 5) is 11.9. The molecule has 2 nitrogen and oxygen atoms in total. The third kappa shape index (κ3) is 3.83. The van der Waals surface area contributed by atoms with E-state index in [-0.39, 0.29) is 0 Å². The summed E-state index contributed by atoms with van der Waals surface area (Å²) in [7, 11) is 0. The first kappa shape index (κ1) is 13.6. The predicted octanol–water partition coefficient (Wildman–Crippen LogP) is 4.29. The highest BCUT2D eigenvalue weighted by Gasteiger charge is 2.09. The SMILES string of the molecule is CCC(C)CSc1ccc(Br)c(C(=O)O)c1. The Bertz CT molecular complexity index is 379. The van der Waals surface area contributed by atoms with Gasteiger partial charge in [-0.3, -0.25) is 0 Å². The minimum Gasteiger partial charge on any atom is -0.478 e. The Hall–Kier alpha value is -0.480. The van der Waals surface area contributed by atoms with E-state index in [9.17, 15) is 4.79 Å². The zero-order valence-corrected chi connectivity index (χ0v) is 11.8. The zero-order chi connectivity index (χ0) is 12.1. The van der Waals surface area contributed by atoms with Crippen LogP contribution in [0.1, 0.15) is 30.6 Å². The highest BCUT2D eigenvalue weighted by Crippen LogP contribution is 2.26. The van der Waals surface area contributed by atoms with Crippen LogP contribution in [-0.2, 0) is 0 Å². The zero-order valence-electron chi connectivity index (χ0n) is 9.37. The van der Waals surface area contributed by atoms with Crippen LogP contribution in [0.3, 0.4) is 0 Å². The molecule has 1 atom stereocenters. The van der Waals surface area contributed by atoms with E-state index < -0.39 is 5.97 Å². The van der Waals surface area contributed by atoms with Crippen molar-refractivity contribution in [2.24, 2.45) is 5.92 Å². The number of aromatic carboxylic acids is 1. The largest absolute Gasteiger partial charge is 0.478 e. The monoisotopic (exact) mass is 302 g/mol. The second-order valence-electron chi connectivity index (χ2n) is 3.77. The van der Waals surface area contributed by atoms with E-state index in [1.165, 1.54) is 0 Å². The average Bonchev–Trinajstić information content (AvgIpc) is 2.27. The van der Waals surface area contributed by atoms with Gasteiger partial charge in [0.15, 0.2) is 0 Å². The molecular weight excluding hydrogens is 288 g/mol. The van der Waals surface area contributed by atoms with Crippen LogP contribution in [0.4, 0.5) is 0 Å². The molecule has 0 saturated heterocycles. The van der Waals surface area contributed by atoms with Crippen LogP contribution < -0.4 is 0 Å². The van der Waals surface area contributed by atoms with Gasteiger partial charge in [-0.2, -0.15) is 0 Å². The summed E-state index contributed by atoms with van der Waals surface area (Å²) >= 11 is 4.94. The maximum absolute atomic E-state index is 10.9. The molecule has 1 aromatic rings. The molecule has 0 saturated carbocycles. The van der Waals surface area contributed by atoms with Gasteiger partial charge < -0.3 is 5.11 Å². The van der Waals surface area contributed by atoms with E-state index in [4.69, 9.17) is 5.11 Å². The Balaban J connectivity index is 2.75. The number of hydrogen-bond donors (Lipinski definition) is 1. The molecular formula is C12H15BrO2S. The van der Waals surface area contributed by atoms with Crippen molar-refractivity contribution in [1.29, 1.82) is 0 Å². The highest BCUT2D eigenvalue weighted by molar-refractivity contribution is 9.10. The molecule has 1 aromatic carbocycles. The maximum atomic E-state index is 10.9. The van der Waals surface area contributed by atoms with Crippen molar-refractivity contribution in [1.82, 2.24) is 0 Å². The quantitative estimate of drug-likeness (QED) is 0.825. The van der Waals surface area contributed by atoms with Crippen molar-refractivity contribution in [2.45, 2.75) is 25.2 Å². The van der Waals surface area contributed by atoms with Crippen LogP contribution in [0.25, 0.3) is 0 Å². The molecule has 0 heterocycles. The van der Waals surface area contributed by atoms with E-state index in [0.29, 0.717) is 16.0 Å². The van der Waals surface area contributed by atoms with E-state index in [1.54, 1.807) is 23.9 Å². The van der Waals surface area contributed by atoms with Gasteiger partial charge in [0.05, 0.1) is 5.56 Å². The summed E-state index contributed by atoms with van der Waals surface area (Å²) in [5, 5.41) is 8.97. The Labute approximate surface area is 109 Å². The molecule has 16 heavy (non-hydrogen) atoms. The van der Waals surface area contributed by atoms with E-state index in [0.717, 1.165) is 17.1 Å². The molecule has 0 bridgehead atoms. The fraction of sp³-hybridized carbons (Fsp3) is 0.417. The summed E-state index contributed by atoms with van der Waals surface area (Å²) < 4.78 is 0.632. The third-order valence-corrected chi connectivity index (χ3v) is 4.41. The molecule has 0 radical (unpaired) electrons. The van der Waals surface area contributed by atoms with Gasteiger partial charge in [0, 0.05) is 15.1 Å². The number of hydrogen-bond acceptors (Lipinski definition) is 2. The Morgan fingerprint density at radius 1 is 1.56 bits per heavy atom. The summed E-state index contributed by atoms with van der Waals surface area (Å²) in [5.41, 5.74) is 0.328. The van der Waals surface area contributed by atoms with Gasteiger partial charge in [-0.25, -0.2) is 4.79 Å². The standard InChI is InChI=1S/C12H15BrO2S/c1-3-8(2)7-16-9-4-5-11(13)10(6-9)12(14)15/h4-6,8H,3,7H2,1-2H3,(H,14,15). The van der Waals surface area contributed by atoms with Gasteiger partial charge in [0.2, 0.25) is 0 Å². The molecule has 1 N–H and O–H groups in total. The molecule has 0 aliphatic rings. The molecule has 4 heteroatoms. The fourth-order valence-corrected chi connectivity index (χ4v) is 2.61. The highest BCUT2D eigenvalue weighted by atomic mass is 79.9. The molecule has 0 aliphatic carbocycles. The van der Waals surface area contributed by atoms with Crippen molar-refractivity contribution in [3.8, 4) is 0 Å². The van der Waals surface area contributed by atoms with E-state index in [2.05, 4.69) is 29.8 Å². The molecule has 1 rings (SSSR count). The van der Waals surface area contributed by atoms with Crippen LogP contribution >= 0.6 is 27.7 Å². The number of thioether (sulfide) groups is 1. The first-order chi connectivity index (χ1) is 7.54. The van der Waals surface area contributed by atoms with Gasteiger partial charge in [-0.05, 0) is 40.0 Å². The smallest absolute Gasteiger partial charge is 0.336 e. The van der Waals surface area contributed by atoms with E-state index in [1.807, 2.05) is 6.07 Å². The number of halogens is 1. The average molecular weight is 303 g/mol. The van der Waals surface area contributed by atoms with Crippen LogP contribution in [-0.4, -0.2) is 16.8 Å². The van der Waals surface area contributed by atoms with Gasteiger partial charge in [-0.1, -0.05) is 20.3 Å². The lowest BCUT2D eigenvalue weighted by Gasteiger charge is -2.08. The topological polar surface area (TPSA) is 37.3 Å². The molecule has 1 unspecified atom stereocenters. The summed E-state index contributed by atoms with van der Waals surface area (Å²) in [6.45, 7) is 4.36. The summed E-state index contributed by atoms with van der Waals surface area (Å²) in [6.07, 6.45) is 1.15. The van der Waals surface area contributed by atoms with Crippen LogP contribution in [0.15, 0.2) is 27.6 Å². The minimum absolute atomic E-state index is 0.328. The number of carbonyl (C=O) groups is 1. The van der Waals surface area contributed by atoms with Gasteiger partial charge in [0.25, 0.3) is 0 Å². The normalized spacial score (nSPS) is 12.4. The fourth-order valence-electron chi connectivity index (χ4n) is 1.11. The van der Waals surface area contributed by atoms with Crippen molar-refractivity contribution in [3.63, 3.8) is 0 Å². The molecule has 0 aromatic heterocycles. The number of carboxylic acid groups (broad SMARTS) is 1. The first-order valence-corrected chi connectivity index (χ1v) is 6.98. The second kappa shape index (κ2) is 6.30. The minimum atomic E-state index is -0.891. The number of rotatable bonds is 5. The lowest BCUT2D eigenvalue weighted by atomic mass is 10.2. The number of benzene rings is 1. The molecule has 88 valence electrons. The first-order valence-electron chi connectivity index (χ1n) is 5.20. The Morgan fingerprint density at radius 2 is 2.25 bits per heavy atom. The lowest BCUT2D eigenvalue weighted by Crippen LogP contribution is -1.99. The second-order valence-corrected chi connectivity index (χ2v) is 5.72. The van der Waals surface area contributed by atoms with Crippen molar-refractivity contribution >= 4 is 33.7 Å². The van der Waals surface area contributed by atoms with Crippen LogP contribution in [0, 0.1) is 5.92 Å². The van der Waals surface area contributed by atoms with Gasteiger partial charge in [-0.15, -0.1) is 11.8 Å². The van der Waals surface area contributed by atoms with E-state index >= 15 is 0 Å². The van der Waals surface area contributed by atoms with Crippen molar-refractivity contribution in [3.05, 3.63) is 28.2 Å². The lowest BCUT2D eigenvalue weighted by molar-refractivity contribution is 0.0695. The Kier molecular flexibility index (Phi) is 5.35. The number of carboxylic acids is 1.